The summed E-state index contributed by atoms with van der Waals surface area (Å²) >= 11 is 0. The van der Waals surface area contributed by atoms with Gasteiger partial charge in [0, 0.05) is 35.3 Å². The van der Waals surface area contributed by atoms with Crippen LogP contribution in [0.3, 0.4) is 0 Å². The molecular formula is C22H23N3O3. The zero-order valence-corrected chi connectivity index (χ0v) is 16.0. The van der Waals surface area contributed by atoms with Crippen LogP contribution < -0.4 is 10.2 Å². The summed E-state index contributed by atoms with van der Waals surface area (Å²) in [6.45, 7) is 4.66. The molecule has 0 saturated carbocycles. The Morgan fingerprint density at radius 1 is 1.21 bits per heavy atom. The number of nitrogens with one attached hydrogen (secondary N) is 1. The van der Waals surface area contributed by atoms with Crippen LogP contribution in [-0.2, 0) is 11.3 Å². The minimum absolute atomic E-state index is 0.0941. The van der Waals surface area contributed by atoms with E-state index >= 15 is 0 Å². The van der Waals surface area contributed by atoms with Crippen LogP contribution in [0, 0.1) is 0 Å². The van der Waals surface area contributed by atoms with Crippen molar-refractivity contribution in [3.8, 4) is 5.75 Å². The van der Waals surface area contributed by atoms with E-state index in [1.54, 1.807) is 5.48 Å². The minimum atomic E-state index is -0.378. The molecule has 1 amide bonds. The highest BCUT2D eigenvalue weighted by Gasteiger charge is 2.16. The van der Waals surface area contributed by atoms with Crippen LogP contribution in [0.4, 0.5) is 0 Å². The van der Waals surface area contributed by atoms with E-state index in [9.17, 15) is 4.79 Å². The Hall–Kier alpha value is -3.12. The van der Waals surface area contributed by atoms with Crippen molar-refractivity contribution >= 4 is 38.6 Å². The van der Waals surface area contributed by atoms with Crippen molar-refractivity contribution in [2.24, 2.45) is 0 Å². The van der Waals surface area contributed by atoms with E-state index in [0.717, 1.165) is 38.5 Å². The number of pyridine rings is 1. The third kappa shape index (κ3) is 3.27. The minimum Gasteiger partial charge on any atom is -0.491 e. The van der Waals surface area contributed by atoms with Gasteiger partial charge in [0.15, 0.2) is 0 Å². The summed E-state index contributed by atoms with van der Waals surface area (Å²) in [4.78, 5) is 16.2. The van der Waals surface area contributed by atoms with Gasteiger partial charge in [-0.1, -0.05) is 24.3 Å². The molecule has 0 aliphatic heterocycles. The van der Waals surface area contributed by atoms with E-state index in [4.69, 9.17) is 14.9 Å². The van der Waals surface area contributed by atoms with Gasteiger partial charge in [0.25, 0.3) is 0 Å². The summed E-state index contributed by atoms with van der Waals surface area (Å²) < 4.78 is 8.09. The first-order valence-corrected chi connectivity index (χ1v) is 9.48. The van der Waals surface area contributed by atoms with E-state index < -0.39 is 0 Å². The average Bonchev–Trinajstić information content (AvgIpc) is 3.01. The van der Waals surface area contributed by atoms with E-state index in [0.29, 0.717) is 13.0 Å². The maximum atomic E-state index is 11.4. The van der Waals surface area contributed by atoms with Crippen molar-refractivity contribution in [2.75, 3.05) is 0 Å². The molecule has 0 unspecified atom stereocenters. The molecule has 0 aliphatic carbocycles. The van der Waals surface area contributed by atoms with Crippen LogP contribution in [0.2, 0.25) is 0 Å². The Bertz CT molecular complexity index is 1160. The molecule has 6 heteroatoms. The van der Waals surface area contributed by atoms with E-state index in [1.165, 1.54) is 0 Å². The van der Waals surface area contributed by atoms with Crippen LogP contribution in [0.15, 0.2) is 48.7 Å². The molecular weight excluding hydrogens is 354 g/mol. The number of aromatic nitrogens is 2. The first kappa shape index (κ1) is 18.3. The lowest BCUT2D eigenvalue weighted by Crippen LogP contribution is -2.18. The molecule has 0 bridgehead atoms. The Kier molecular flexibility index (Phi) is 4.88. The standard InChI is InChI=1S/C22H23N3O3/c1-14(2)28-16-9-10-19-18(12-16)21-22(25(19)11-5-8-20(26)24-27)17-7-4-3-6-15(17)13-23-21/h3-4,6-7,9-10,12-14,27H,5,8,11H2,1-2H3,(H,24,26). The number of carbonyl (C=O) groups excluding carboxylic acids is 1. The highest BCUT2D eigenvalue weighted by atomic mass is 16.5. The largest absolute Gasteiger partial charge is 0.491 e. The lowest BCUT2D eigenvalue weighted by molar-refractivity contribution is -0.129. The second-order valence-electron chi connectivity index (χ2n) is 7.18. The van der Waals surface area contributed by atoms with Gasteiger partial charge in [-0.3, -0.25) is 15.0 Å². The molecule has 2 aromatic heterocycles. The van der Waals surface area contributed by atoms with Gasteiger partial charge < -0.3 is 9.30 Å². The van der Waals surface area contributed by atoms with Crippen molar-refractivity contribution in [3.05, 3.63) is 48.7 Å². The Labute approximate surface area is 162 Å². The van der Waals surface area contributed by atoms with E-state index in [-0.39, 0.29) is 18.4 Å². The monoisotopic (exact) mass is 377 g/mol. The highest BCUT2D eigenvalue weighted by Crippen LogP contribution is 2.35. The number of fused-ring (bicyclic) bond motifs is 5. The summed E-state index contributed by atoms with van der Waals surface area (Å²) in [5.74, 6) is 0.438. The van der Waals surface area contributed by atoms with Crippen molar-refractivity contribution in [1.29, 1.82) is 0 Å². The summed E-state index contributed by atoms with van der Waals surface area (Å²) in [7, 11) is 0. The Morgan fingerprint density at radius 2 is 2.04 bits per heavy atom. The third-order valence-electron chi connectivity index (χ3n) is 4.84. The fourth-order valence-electron chi connectivity index (χ4n) is 3.71. The summed E-state index contributed by atoms with van der Waals surface area (Å²) in [6, 6.07) is 14.2. The number of benzene rings is 2. The van der Waals surface area contributed by atoms with Crippen LogP contribution in [-0.4, -0.2) is 26.8 Å². The highest BCUT2D eigenvalue weighted by molar-refractivity contribution is 6.15. The molecule has 2 heterocycles. The van der Waals surface area contributed by atoms with Crippen molar-refractivity contribution < 1.29 is 14.7 Å². The van der Waals surface area contributed by atoms with Gasteiger partial charge in [-0.2, -0.15) is 0 Å². The van der Waals surface area contributed by atoms with Gasteiger partial charge >= 0.3 is 0 Å². The number of nitrogens with zero attached hydrogens (tertiary/aromatic N) is 2. The number of hydrogen-bond acceptors (Lipinski definition) is 4. The number of aryl methyl sites for hydroxylation is 1. The Balaban J connectivity index is 1.91. The molecule has 2 aromatic carbocycles. The first-order valence-electron chi connectivity index (χ1n) is 9.48. The topological polar surface area (TPSA) is 76.4 Å². The maximum Gasteiger partial charge on any atom is 0.243 e. The van der Waals surface area contributed by atoms with Crippen LogP contribution in [0.1, 0.15) is 26.7 Å². The Morgan fingerprint density at radius 3 is 2.82 bits per heavy atom. The molecule has 0 fully saturated rings. The normalized spacial score (nSPS) is 11.6. The second-order valence-corrected chi connectivity index (χ2v) is 7.18. The van der Waals surface area contributed by atoms with Crippen molar-refractivity contribution in [2.45, 2.75) is 39.3 Å². The number of hydrogen-bond donors (Lipinski definition) is 2. The number of amides is 1. The van der Waals surface area contributed by atoms with E-state index in [2.05, 4.69) is 22.8 Å². The molecule has 2 N–H and O–H groups in total. The maximum absolute atomic E-state index is 11.4. The van der Waals surface area contributed by atoms with Gasteiger partial charge in [0.05, 0.1) is 22.7 Å². The first-order chi connectivity index (χ1) is 13.6. The fraction of sp³-hybridized carbons (Fsp3) is 0.273. The van der Waals surface area contributed by atoms with Crippen molar-refractivity contribution in [3.63, 3.8) is 0 Å². The van der Waals surface area contributed by atoms with Gasteiger partial charge in [0.1, 0.15) is 5.75 Å². The quantitative estimate of drug-likeness (QED) is 0.385. The molecule has 0 atom stereocenters. The number of rotatable bonds is 6. The SMILES string of the molecule is CC(C)Oc1ccc2c(c1)c1ncc3ccccc3c1n2CCCC(=O)NO. The lowest BCUT2D eigenvalue weighted by Gasteiger charge is -2.11. The molecule has 144 valence electrons. The second kappa shape index (κ2) is 7.48. The fourth-order valence-corrected chi connectivity index (χ4v) is 3.71. The van der Waals surface area contributed by atoms with Gasteiger partial charge in [-0.15, -0.1) is 0 Å². The molecule has 6 nitrogen and oxygen atoms in total. The molecule has 4 aromatic rings. The molecule has 0 radical (unpaired) electrons. The summed E-state index contributed by atoms with van der Waals surface area (Å²) in [6.07, 6.45) is 2.86. The van der Waals surface area contributed by atoms with Crippen LogP contribution in [0.5, 0.6) is 5.75 Å². The molecule has 0 spiro atoms. The van der Waals surface area contributed by atoms with Gasteiger partial charge in [-0.25, -0.2) is 5.48 Å². The molecule has 4 rings (SSSR count). The van der Waals surface area contributed by atoms with Crippen LogP contribution in [0.25, 0.3) is 32.7 Å². The summed E-state index contributed by atoms with van der Waals surface area (Å²) in [5, 5.41) is 12.0. The summed E-state index contributed by atoms with van der Waals surface area (Å²) in [5.41, 5.74) is 4.73. The zero-order chi connectivity index (χ0) is 19.7. The molecule has 28 heavy (non-hydrogen) atoms. The third-order valence-corrected chi connectivity index (χ3v) is 4.84. The molecule has 0 saturated heterocycles. The van der Waals surface area contributed by atoms with Gasteiger partial charge in [0.2, 0.25) is 5.91 Å². The number of carbonyl (C=O) groups is 1. The predicted molar refractivity (Wildman–Crippen MR) is 110 cm³/mol. The lowest BCUT2D eigenvalue weighted by atomic mass is 10.1. The van der Waals surface area contributed by atoms with Gasteiger partial charge in [-0.05, 0) is 38.5 Å². The number of ether oxygens (including phenoxy) is 1. The number of hydroxylamine groups is 1. The predicted octanol–water partition coefficient (Wildman–Crippen LogP) is 4.42. The molecule has 0 aliphatic rings. The van der Waals surface area contributed by atoms with Crippen LogP contribution >= 0.6 is 0 Å². The zero-order valence-electron chi connectivity index (χ0n) is 16.0. The van der Waals surface area contributed by atoms with Crippen molar-refractivity contribution in [1.82, 2.24) is 15.0 Å². The smallest absolute Gasteiger partial charge is 0.243 e. The van der Waals surface area contributed by atoms with E-state index in [1.807, 2.05) is 44.3 Å². The average molecular weight is 377 g/mol.